The van der Waals surface area contributed by atoms with Crippen molar-refractivity contribution in [2.75, 3.05) is 5.32 Å². The van der Waals surface area contributed by atoms with Crippen molar-refractivity contribution in [3.05, 3.63) is 51.6 Å². The summed E-state index contributed by atoms with van der Waals surface area (Å²) in [7, 11) is 0. The van der Waals surface area contributed by atoms with Crippen LogP contribution in [0.4, 0.5) is 5.69 Å². The first-order valence-electron chi connectivity index (χ1n) is 9.04. The van der Waals surface area contributed by atoms with Gasteiger partial charge in [0, 0.05) is 11.3 Å². The number of anilines is 1. The Labute approximate surface area is 161 Å². The lowest BCUT2D eigenvalue weighted by molar-refractivity contribution is 0.134. The van der Waals surface area contributed by atoms with Gasteiger partial charge in [-0.15, -0.1) is 0 Å². The quantitative estimate of drug-likeness (QED) is 0.690. The molecule has 1 aliphatic rings. The lowest BCUT2D eigenvalue weighted by atomic mass is 9.87. The smallest absolute Gasteiger partial charge is 0.156 e. The highest BCUT2D eigenvalue weighted by Gasteiger charge is 2.38. The van der Waals surface area contributed by atoms with Gasteiger partial charge in [-0.3, -0.25) is 0 Å². The Morgan fingerprint density at radius 2 is 1.69 bits per heavy atom. The van der Waals surface area contributed by atoms with Crippen LogP contribution in [0.25, 0.3) is 0 Å². The highest BCUT2D eigenvalue weighted by Crippen LogP contribution is 2.43. The highest BCUT2D eigenvalue weighted by atomic mass is 32.1. The van der Waals surface area contributed by atoms with Gasteiger partial charge in [-0.05, 0) is 82.2 Å². The van der Waals surface area contributed by atoms with E-state index in [1.807, 2.05) is 20.8 Å². The first kappa shape index (κ1) is 18.7. The summed E-state index contributed by atoms with van der Waals surface area (Å²) >= 11 is 5.77. The third-order valence-electron chi connectivity index (χ3n) is 5.72. The third-order valence-corrected chi connectivity index (χ3v) is 6.25. The van der Waals surface area contributed by atoms with E-state index in [0.717, 1.165) is 46.5 Å². The molecule has 26 heavy (non-hydrogen) atoms. The van der Waals surface area contributed by atoms with Gasteiger partial charge < -0.3 is 15.2 Å². The van der Waals surface area contributed by atoms with Crippen molar-refractivity contribution >= 4 is 22.9 Å². The fourth-order valence-electron chi connectivity index (χ4n) is 3.66. The van der Waals surface area contributed by atoms with Crippen molar-refractivity contribution < 1.29 is 9.84 Å². The Kier molecular flexibility index (Phi) is 4.74. The Morgan fingerprint density at radius 1 is 1.08 bits per heavy atom. The standard InChI is InChI=1S/C22H27NO2S/c1-12-8-7-9-13(2)18(12)23-21(26)22(6)11-10-17-16(5)19(24)14(3)15(4)20(17)25-22/h7-9,24H,10-11H2,1-6H3,(H,23,26). The maximum Gasteiger partial charge on any atom is 0.156 e. The fraction of sp³-hybridized carbons (Fsp3) is 0.409. The van der Waals surface area contributed by atoms with Crippen LogP contribution >= 0.6 is 12.2 Å². The topological polar surface area (TPSA) is 41.5 Å². The van der Waals surface area contributed by atoms with Gasteiger partial charge in [0.1, 0.15) is 16.5 Å². The molecule has 0 aromatic heterocycles. The van der Waals surface area contributed by atoms with E-state index < -0.39 is 5.60 Å². The van der Waals surface area contributed by atoms with Crippen LogP contribution in [-0.2, 0) is 6.42 Å². The number of benzene rings is 2. The molecule has 2 aromatic rings. The number of hydrogen-bond donors (Lipinski definition) is 2. The molecule has 3 rings (SSSR count). The van der Waals surface area contributed by atoms with E-state index in [1.54, 1.807) is 0 Å². The maximum atomic E-state index is 10.3. The van der Waals surface area contributed by atoms with Crippen LogP contribution in [0.1, 0.15) is 46.7 Å². The number of hydrogen-bond acceptors (Lipinski definition) is 3. The minimum absolute atomic E-state index is 0.379. The number of ether oxygens (including phenoxy) is 1. The molecule has 1 heterocycles. The molecule has 3 nitrogen and oxygen atoms in total. The van der Waals surface area contributed by atoms with Crippen molar-refractivity contribution in [2.24, 2.45) is 0 Å². The zero-order chi connectivity index (χ0) is 19.2. The molecule has 0 radical (unpaired) electrons. The monoisotopic (exact) mass is 369 g/mol. The van der Waals surface area contributed by atoms with Crippen LogP contribution < -0.4 is 10.1 Å². The molecule has 1 aliphatic heterocycles. The number of nitrogens with one attached hydrogen (secondary N) is 1. The SMILES string of the molecule is Cc1cccc(C)c1NC(=S)C1(C)CCc2c(C)c(O)c(C)c(C)c2O1. The minimum Gasteiger partial charge on any atom is -0.507 e. The van der Waals surface area contributed by atoms with Crippen LogP contribution in [0.2, 0.25) is 0 Å². The Hall–Kier alpha value is -2.07. The molecule has 0 saturated carbocycles. The highest BCUT2D eigenvalue weighted by molar-refractivity contribution is 7.80. The second-order valence-corrected chi connectivity index (χ2v) is 7.99. The Bertz CT molecular complexity index is 883. The van der Waals surface area contributed by atoms with Gasteiger partial charge in [-0.25, -0.2) is 0 Å². The van der Waals surface area contributed by atoms with E-state index in [1.165, 1.54) is 11.1 Å². The molecular weight excluding hydrogens is 342 g/mol. The largest absolute Gasteiger partial charge is 0.507 e. The summed E-state index contributed by atoms with van der Waals surface area (Å²) in [6.45, 7) is 12.1. The molecular formula is C22H27NO2S. The molecule has 0 fully saturated rings. The van der Waals surface area contributed by atoms with Gasteiger partial charge in [-0.1, -0.05) is 30.4 Å². The number of phenolic OH excluding ortho intramolecular Hbond substituents is 1. The summed E-state index contributed by atoms with van der Waals surface area (Å²) in [5.74, 6) is 1.25. The second kappa shape index (κ2) is 6.58. The van der Waals surface area contributed by atoms with Gasteiger partial charge in [0.05, 0.1) is 0 Å². The van der Waals surface area contributed by atoms with E-state index >= 15 is 0 Å². The number of aryl methyl sites for hydroxylation is 2. The van der Waals surface area contributed by atoms with Crippen LogP contribution in [0, 0.1) is 34.6 Å². The van der Waals surface area contributed by atoms with Crippen molar-refractivity contribution in [1.82, 2.24) is 0 Å². The molecule has 2 aromatic carbocycles. The molecule has 2 N–H and O–H groups in total. The summed E-state index contributed by atoms with van der Waals surface area (Å²) < 4.78 is 6.47. The van der Waals surface area contributed by atoms with Crippen LogP contribution in [0.3, 0.4) is 0 Å². The van der Waals surface area contributed by atoms with Gasteiger partial charge in [0.25, 0.3) is 0 Å². The molecule has 1 unspecified atom stereocenters. The maximum absolute atomic E-state index is 10.3. The van der Waals surface area contributed by atoms with Gasteiger partial charge in [0.2, 0.25) is 0 Å². The number of para-hydroxylation sites is 1. The summed E-state index contributed by atoms with van der Waals surface area (Å²) in [5.41, 5.74) is 6.69. The predicted molar refractivity (Wildman–Crippen MR) is 112 cm³/mol. The normalized spacial score (nSPS) is 18.8. The predicted octanol–water partition coefficient (Wildman–Crippen LogP) is 5.46. The molecule has 0 bridgehead atoms. The lowest BCUT2D eigenvalue weighted by Gasteiger charge is -2.38. The number of rotatable bonds is 2. The molecule has 0 amide bonds. The van der Waals surface area contributed by atoms with Crippen LogP contribution in [0.15, 0.2) is 18.2 Å². The zero-order valence-electron chi connectivity index (χ0n) is 16.4. The van der Waals surface area contributed by atoms with E-state index in [9.17, 15) is 5.11 Å². The van der Waals surface area contributed by atoms with E-state index in [-0.39, 0.29) is 0 Å². The van der Waals surface area contributed by atoms with Crippen molar-refractivity contribution in [3.63, 3.8) is 0 Å². The molecule has 1 atom stereocenters. The molecule has 138 valence electrons. The van der Waals surface area contributed by atoms with E-state index in [4.69, 9.17) is 17.0 Å². The van der Waals surface area contributed by atoms with Gasteiger partial charge in [0.15, 0.2) is 5.60 Å². The summed E-state index contributed by atoms with van der Waals surface area (Å²) in [5, 5.41) is 13.8. The van der Waals surface area contributed by atoms with Gasteiger partial charge >= 0.3 is 0 Å². The summed E-state index contributed by atoms with van der Waals surface area (Å²) in [6, 6.07) is 6.21. The Balaban J connectivity index is 1.95. The molecule has 0 aliphatic carbocycles. The van der Waals surface area contributed by atoms with E-state index in [0.29, 0.717) is 10.7 Å². The zero-order valence-corrected chi connectivity index (χ0v) is 17.2. The minimum atomic E-state index is -0.572. The third kappa shape index (κ3) is 2.96. The Morgan fingerprint density at radius 3 is 2.31 bits per heavy atom. The number of phenols is 1. The first-order chi connectivity index (χ1) is 12.2. The van der Waals surface area contributed by atoms with Crippen molar-refractivity contribution in [3.8, 4) is 11.5 Å². The molecule has 0 spiro atoms. The average Bonchev–Trinajstić information content (AvgIpc) is 2.61. The summed E-state index contributed by atoms with van der Waals surface area (Å²) in [6.07, 6.45) is 1.61. The second-order valence-electron chi connectivity index (χ2n) is 7.59. The van der Waals surface area contributed by atoms with E-state index in [2.05, 4.69) is 44.3 Å². The van der Waals surface area contributed by atoms with Crippen LogP contribution in [0.5, 0.6) is 11.5 Å². The summed E-state index contributed by atoms with van der Waals surface area (Å²) in [4.78, 5) is 0.698. The van der Waals surface area contributed by atoms with Crippen molar-refractivity contribution in [1.29, 1.82) is 0 Å². The van der Waals surface area contributed by atoms with Gasteiger partial charge in [-0.2, -0.15) is 0 Å². The van der Waals surface area contributed by atoms with Crippen molar-refractivity contribution in [2.45, 2.75) is 60.0 Å². The molecule has 0 saturated heterocycles. The number of aromatic hydroxyl groups is 1. The average molecular weight is 370 g/mol. The number of thiocarbonyl (C=S) groups is 1. The van der Waals surface area contributed by atoms with Crippen LogP contribution in [-0.4, -0.2) is 15.7 Å². The fourth-order valence-corrected chi connectivity index (χ4v) is 3.91. The molecule has 4 heteroatoms. The first-order valence-corrected chi connectivity index (χ1v) is 9.45. The number of fused-ring (bicyclic) bond motifs is 1. The lowest BCUT2D eigenvalue weighted by Crippen LogP contribution is -2.47.